The van der Waals surface area contributed by atoms with Crippen LogP contribution in [0.25, 0.3) is 0 Å². The van der Waals surface area contributed by atoms with Crippen LogP contribution in [-0.2, 0) is 6.18 Å². The Morgan fingerprint density at radius 3 is 2.63 bits per heavy atom. The topological polar surface area (TPSA) is 12.0 Å². The Hall–Kier alpha value is -0.680. The van der Waals surface area contributed by atoms with Gasteiger partial charge in [-0.05, 0) is 49.1 Å². The van der Waals surface area contributed by atoms with Crippen LogP contribution in [0.1, 0.15) is 36.9 Å². The van der Waals surface area contributed by atoms with Gasteiger partial charge in [0.2, 0.25) is 0 Å². The largest absolute Gasteiger partial charge is 0.416 e. The molecule has 1 N–H and O–H groups in total. The van der Waals surface area contributed by atoms with Gasteiger partial charge in [-0.15, -0.1) is 0 Å². The maximum atomic E-state index is 12.7. The van der Waals surface area contributed by atoms with Crippen molar-refractivity contribution in [2.45, 2.75) is 32.0 Å². The number of hydrogen-bond acceptors (Lipinski definition) is 2. The maximum absolute atomic E-state index is 12.7. The maximum Gasteiger partial charge on any atom is 0.416 e. The van der Waals surface area contributed by atoms with Crippen molar-refractivity contribution in [1.82, 2.24) is 5.32 Å². The summed E-state index contributed by atoms with van der Waals surface area (Å²) in [7, 11) is 0. The summed E-state index contributed by atoms with van der Waals surface area (Å²) in [5.74, 6) is 0.928. The zero-order valence-electron chi connectivity index (χ0n) is 11.3. The van der Waals surface area contributed by atoms with E-state index >= 15 is 0 Å². The van der Waals surface area contributed by atoms with Gasteiger partial charge in [0.25, 0.3) is 0 Å². The van der Waals surface area contributed by atoms with Crippen molar-refractivity contribution in [2.75, 3.05) is 18.6 Å². The molecule has 0 aliphatic rings. The van der Waals surface area contributed by atoms with Crippen molar-refractivity contribution in [1.29, 1.82) is 0 Å². The first-order chi connectivity index (χ1) is 8.99. The molecule has 108 valence electrons. The molecule has 1 rings (SSSR count). The van der Waals surface area contributed by atoms with Gasteiger partial charge in [0.05, 0.1) is 5.56 Å². The molecule has 0 saturated carbocycles. The third kappa shape index (κ3) is 5.45. The van der Waals surface area contributed by atoms with Crippen molar-refractivity contribution in [3.63, 3.8) is 0 Å². The van der Waals surface area contributed by atoms with Gasteiger partial charge in [-0.3, -0.25) is 0 Å². The van der Waals surface area contributed by atoms with E-state index in [-0.39, 0.29) is 6.04 Å². The summed E-state index contributed by atoms with van der Waals surface area (Å²) in [6.07, 6.45) is -0.467. The lowest BCUT2D eigenvalue weighted by atomic mass is 10.0. The molecule has 1 aromatic rings. The SMILES string of the molecule is CCCNC(CCSC)c1cccc(C(F)(F)F)c1. The molecule has 1 aromatic carbocycles. The van der Waals surface area contributed by atoms with Crippen LogP contribution in [-0.4, -0.2) is 18.6 Å². The highest BCUT2D eigenvalue weighted by Crippen LogP contribution is 2.31. The van der Waals surface area contributed by atoms with Crippen molar-refractivity contribution in [2.24, 2.45) is 0 Å². The molecule has 19 heavy (non-hydrogen) atoms. The smallest absolute Gasteiger partial charge is 0.310 e. The van der Waals surface area contributed by atoms with Gasteiger partial charge in [0, 0.05) is 6.04 Å². The Morgan fingerprint density at radius 1 is 1.32 bits per heavy atom. The summed E-state index contributed by atoms with van der Waals surface area (Å²) in [5.41, 5.74) is 0.148. The Balaban J connectivity index is 2.88. The van der Waals surface area contributed by atoms with Crippen LogP contribution in [0.4, 0.5) is 13.2 Å². The second-order valence-electron chi connectivity index (χ2n) is 4.41. The monoisotopic (exact) mass is 291 g/mol. The molecular formula is C14H20F3NS. The van der Waals surface area contributed by atoms with E-state index in [4.69, 9.17) is 0 Å². The molecule has 0 aliphatic heterocycles. The summed E-state index contributed by atoms with van der Waals surface area (Å²) in [6, 6.07) is 5.62. The highest BCUT2D eigenvalue weighted by molar-refractivity contribution is 7.98. The molecule has 0 bridgehead atoms. The summed E-state index contributed by atoms with van der Waals surface area (Å²) in [6.45, 7) is 2.86. The molecule has 0 saturated heterocycles. The quantitative estimate of drug-likeness (QED) is 0.794. The molecule has 1 unspecified atom stereocenters. The van der Waals surface area contributed by atoms with E-state index < -0.39 is 11.7 Å². The van der Waals surface area contributed by atoms with Gasteiger partial charge >= 0.3 is 6.18 Å². The predicted molar refractivity (Wildman–Crippen MR) is 75.5 cm³/mol. The van der Waals surface area contributed by atoms with E-state index in [0.29, 0.717) is 0 Å². The highest BCUT2D eigenvalue weighted by atomic mass is 32.2. The van der Waals surface area contributed by atoms with Crippen molar-refractivity contribution in [3.05, 3.63) is 35.4 Å². The molecule has 0 heterocycles. The Labute approximate surface area is 117 Å². The number of halogens is 3. The minimum atomic E-state index is -4.27. The highest BCUT2D eigenvalue weighted by Gasteiger charge is 2.30. The first kappa shape index (κ1) is 16.4. The zero-order chi connectivity index (χ0) is 14.3. The van der Waals surface area contributed by atoms with Crippen LogP contribution in [0.5, 0.6) is 0 Å². The van der Waals surface area contributed by atoms with Gasteiger partial charge in [0.1, 0.15) is 0 Å². The number of thioether (sulfide) groups is 1. The van der Waals surface area contributed by atoms with E-state index in [1.165, 1.54) is 12.1 Å². The minimum Gasteiger partial charge on any atom is -0.310 e. The molecule has 0 amide bonds. The molecule has 5 heteroatoms. The Bertz CT molecular complexity index is 371. The van der Waals surface area contributed by atoms with Crippen LogP contribution in [0.3, 0.4) is 0 Å². The van der Waals surface area contributed by atoms with E-state index in [1.807, 2.05) is 13.2 Å². The first-order valence-corrected chi connectivity index (χ1v) is 7.78. The molecule has 0 spiro atoms. The van der Waals surface area contributed by atoms with Crippen molar-refractivity contribution >= 4 is 11.8 Å². The van der Waals surface area contributed by atoms with Crippen LogP contribution in [0.2, 0.25) is 0 Å². The number of nitrogens with one attached hydrogen (secondary N) is 1. The fourth-order valence-corrected chi connectivity index (χ4v) is 2.34. The first-order valence-electron chi connectivity index (χ1n) is 6.38. The molecule has 1 nitrogen and oxygen atoms in total. The van der Waals surface area contributed by atoms with Crippen LogP contribution >= 0.6 is 11.8 Å². The number of hydrogen-bond donors (Lipinski definition) is 1. The summed E-state index contributed by atoms with van der Waals surface area (Å²) >= 11 is 1.71. The van der Waals surface area contributed by atoms with E-state index in [0.717, 1.165) is 36.8 Å². The van der Waals surface area contributed by atoms with Crippen molar-refractivity contribution in [3.8, 4) is 0 Å². The average Bonchev–Trinajstić information content (AvgIpc) is 2.38. The van der Waals surface area contributed by atoms with E-state index in [2.05, 4.69) is 5.32 Å². The fraction of sp³-hybridized carbons (Fsp3) is 0.571. The van der Waals surface area contributed by atoms with Crippen LogP contribution < -0.4 is 5.32 Å². The lowest BCUT2D eigenvalue weighted by Gasteiger charge is -2.20. The van der Waals surface area contributed by atoms with E-state index in [9.17, 15) is 13.2 Å². The fourth-order valence-electron chi connectivity index (χ4n) is 1.87. The third-order valence-electron chi connectivity index (χ3n) is 2.87. The lowest BCUT2D eigenvalue weighted by molar-refractivity contribution is -0.137. The number of benzene rings is 1. The molecule has 0 radical (unpaired) electrons. The average molecular weight is 291 g/mol. The van der Waals surface area contributed by atoms with Gasteiger partial charge in [-0.25, -0.2) is 0 Å². The lowest BCUT2D eigenvalue weighted by Crippen LogP contribution is -2.23. The summed E-state index contributed by atoms with van der Waals surface area (Å²) in [4.78, 5) is 0. The van der Waals surface area contributed by atoms with Gasteiger partial charge in [-0.1, -0.05) is 19.1 Å². The molecule has 0 fully saturated rings. The van der Waals surface area contributed by atoms with Crippen LogP contribution in [0.15, 0.2) is 24.3 Å². The van der Waals surface area contributed by atoms with Gasteiger partial charge in [-0.2, -0.15) is 24.9 Å². The third-order valence-corrected chi connectivity index (χ3v) is 3.51. The van der Waals surface area contributed by atoms with E-state index in [1.54, 1.807) is 17.8 Å². The predicted octanol–water partition coefficient (Wildman–Crippen LogP) is 4.50. The van der Waals surface area contributed by atoms with Crippen molar-refractivity contribution < 1.29 is 13.2 Å². The molecule has 1 atom stereocenters. The van der Waals surface area contributed by atoms with Gasteiger partial charge in [0.15, 0.2) is 0 Å². The normalized spacial score (nSPS) is 13.5. The standard InChI is InChI=1S/C14H20F3NS/c1-3-8-18-13(7-9-19-2)11-5-4-6-12(10-11)14(15,16)17/h4-6,10,13,18H,3,7-9H2,1-2H3. The van der Waals surface area contributed by atoms with Crippen LogP contribution in [0, 0.1) is 0 Å². The second kappa shape index (κ2) is 7.80. The molecule has 0 aromatic heterocycles. The molecule has 0 aliphatic carbocycles. The Morgan fingerprint density at radius 2 is 2.05 bits per heavy atom. The van der Waals surface area contributed by atoms with Gasteiger partial charge < -0.3 is 5.32 Å². The summed E-state index contributed by atoms with van der Waals surface area (Å²) < 4.78 is 38.1. The number of alkyl halides is 3. The summed E-state index contributed by atoms with van der Waals surface area (Å²) in [5, 5.41) is 3.32. The molecular weight excluding hydrogens is 271 g/mol. The number of rotatable bonds is 7. The Kier molecular flexibility index (Phi) is 6.72. The second-order valence-corrected chi connectivity index (χ2v) is 5.40. The zero-order valence-corrected chi connectivity index (χ0v) is 12.1. The minimum absolute atomic E-state index is 0.00491.